The van der Waals surface area contributed by atoms with Gasteiger partial charge in [0.05, 0.1) is 5.56 Å². The zero-order valence-electron chi connectivity index (χ0n) is 11.8. The number of nitrogens with zero attached hydrogens (tertiary/aromatic N) is 1. The first-order chi connectivity index (χ1) is 9.06. The molecule has 1 fully saturated rings. The molecule has 0 bridgehead atoms. The van der Waals surface area contributed by atoms with Gasteiger partial charge in [-0.15, -0.1) is 0 Å². The summed E-state index contributed by atoms with van der Waals surface area (Å²) in [6.45, 7) is 5.30. The summed E-state index contributed by atoms with van der Waals surface area (Å²) in [4.78, 5) is 4.93. The van der Waals surface area contributed by atoms with E-state index >= 15 is 0 Å². The molecule has 0 spiro atoms. The highest BCUT2D eigenvalue weighted by Gasteiger charge is 2.19. The second-order valence-electron chi connectivity index (χ2n) is 5.73. The van der Waals surface area contributed by atoms with Crippen molar-refractivity contribution < 1.29 is 0 Å². The molecule has 0 radical (unpaired) electrons. The number of nitrogens with two attached hydrogens (primary N) is 1. The van der Waals surface area contributed by atoms with Gasteiger partial charge in [-0.2, -0.15) is 0 Å². The lowest BCUT2D eigenvalue weighted by atomic mass is 9.82. The van der Waals surface area contributed by atoms with Crippen molar-refractivity contribution in [3.8, 4) is 0 Å². The lowest BCUT2D eigenvalue weighted by Gasteiger charge is -2.27. The van der Waals surface area contributed by atoms with Crippen LogP contribution < -0.4 is 11.1 Å². The summed E-state index contributed by atoms with van der Waals surface area (Å²) in [6, 6.07) is 3.90. The fourth-order valence-corrected chi connectivity index (χ4v) is 3.04. The van der Waals surface area contributed by atoms with Crippen molar-refractivity contribution in [3.05, 3.63) is 23.4 Å². The highest BCUT2D eigenvalue weighted by molar-refractivity contribution is 7.80. The first-order valence-electron chi connectivity index (χ1n) is 7.07. The zero-order chi connectivity index (χ0) is 13.8. The highest BCUT2D eigenvalue weighted by atomic mass is 32.1. The van der Waals surface area contributed by atoms with E-state index in [2.05, 4.69) is 17.2 Å². The van der Waals surface area contributed by atoms with Gasteiger partial charge in [-0.25, -0.2) is 4.98 Å². The molecule has 2 rings (SSSR count). The molecule has 3 N–H and O–H groups in total. The second kappa shape index (κ2) is 6.33. The van der Waals surface area contributed by atoms with Crippen molar-refractivity contribution >= 4 is 23.0 Å². The van der Waals surface area contributed by atoms with E-state index in [0.29, 0.717) is 4.99 Å². The molecule has 0 aromatic carbocycles. The maximum Gasteiger partial charge on any atom is 0.136 e. The maximum atomic E-state index is 5.75. The Balaban J connectivity index is 2.02. The third-order valence-electron chi connectivity index (χ3n) is 3.90. The number of anilines is 1. The predicted octanol–water partition coefficient (Wildman–Crippen LogP) is 3.26. The van der Waals surface area contributed by atoms with Gasteiger partial charge in [0.15, 0.2) is 0 Å². The Kier molecular flexibility index (Phi) is 4.75. The molecule has 3 nitrogen and oxygen atoms in total. The van der Waals surface area contributed by atoms with E-state index in [0.717, 1.165) is 35.5 Å². The molecule has 2 atom stereocenters. The number of rotatable bonds is 4. The number of nitrogens with one attached hydrogen (secondary N) is 1. The van der Waals surface area contributed by atoms with Gasteiger partial charge >= 0.3 is 0 Å². The Labute approximate surface area is 121 Å². The van der Waals surface area contributed by atoms with Crippen LogP contribution >= 0.6 is 12.2 Å². The van der Waals surface area contributed by atoms with E-state index in [1.807, 2.05) is 19.1 Å². The van der Waals surface area contributed by atoms with Gasteiger partial charge in [0.1, 0.15) is 10.8 Å². The molecule has 1 aromatic heterocycles. The molecule has 0 saturated heterocycles. The van der Waals surface area contributed by atoms with Crippen molar-refractivity contribution in [2.75, 3.05) is 11.9 Å². The molecule has 1 aromatic rings. The summed E-state index contributed by atoms with van der Waals surface area (Å²) in [5.41, 5.74) is 7.58. The topological polar surface area (TPSA) is 50.9 Å². The predicted molar refractivity (Wildman–Crippen MR) is 84.5 cm³/mol. The normalized spacial score (nSPS) is 23.1. The molecule has 1 aliphatic rings. The third-order valence-corrected chi connectivity index (χ3v) is 4.12. The van der Waals surface area contributed by atoms with Crippen molar-refractivity contribution in [1.82, 2.24) is 4.98 Å². The van der Waals surface area contributed by atoms with Gasteiger partial charge in [0.25, 0.3) is 0 Å². The van der Waals surface area contributed by atoms with E-state index < -0.39 is 0 Å². The van der Waals surface area contributed by atoms with Gasteiger partial charge < -0.3 is 11.1 Å². The second-order valence-corrected chi connectivity index (χ2v) is 6.17. The molecule has 4 heteroatoms. The number of thiocarbonyl (C=S) groups is 1. The minimum absolute atomic E-state index is 0.409. The average molecular weight is 277 g/mol. The fraction of sp³-hybridized carbons (Fsp3) is 0.600. The van der Waals surface area contributed by atoms with Crippen LogP contribution in [0.25, 0.3) is 0 Å². The van der Waals surface area contributed by atoms with Crippen molar-refractivity contribution in [2.24, 2.45) is 17.6 Å². The Bertz CT molecular complexity index is 459. The van der Waals surface area contributed by atoms with Crippen LogP contribution in [-0.2, 0) is 0 Å². The summed E-state index contributed by atoms with van der Waals surface area (Å²) in [5.74, 6) is 2.43. The zero-order valence-corrected chi connectivity index (χ0v) is 12.6. The van der Waals surface area contributed by atoms with Gasteiger partial charge in [-0.3, -0.25) is 0 Å². The van der Waals surface area contributed by atoms with Gasteiger partial charge in [-0.1, -0.05) is 32.0 Å². The number of aryl methyl sites for hydroxylation is 1. The molecule has 19 heavy (non-hydrogen) atoms. The van der Waals surface area contributed by atoms with Crippen LogP contribution in [0, 0.1) is 18.8 Å². The molecule has 1 heterocycles. The van der Waals surface area contributed by atoms with Crippen LogP contribution in [0.3, 0.4) is 0 Å². The Morgan fingerprint density at radius 3 is 2.95 bits per heavy atom. The van der Waals surface area contributed by atoms with Gasteiger partial charge in [0.2, 0.25) is 0 Å². The average Bonchev–Trinajstić information content (AvgIpc) is 2.36. The summed E-state index contributed by atoms with van der Waals surface area (Å²) >= 11 is 5.08. The largest absolute Gasteiger partial charge is 0.389 e. The van der Waals surface area contributed by atoms with E-state index in [1.54, 1.807) is 0 Å². The molecule has 104 valence electrons. The highest BCUT2D eigenvalue weighted by Crippen LogP contribution is 2.28. The smallest absolute Gasteiger partial charge is 0.136 e. The number of pyridine rings is 1. The first-order valence-corrected chi connectivity index (χ1v) is 7.48. The van der Waals surface area contributed by atoms with E-state index in [9.17, 15) is 0 Å². The van der Waals surface area contributed by atoms with Gasteiger partial charge in [0, 0.05) is 12.2 Å². The first kappa shape index (κ1) is 14.3. The molecule has 0 amide bonds. The van der Waals surface area contributed by atoms with Gasteiger partial charge in [-0.05, 0) is 43.7 Å². The molecule has 1 aliphatic carbocycles. The number of hydrogen-bond donors (Lipinski definition) is 2. The van der Waals surface area contributed by atoms with Crippen LogP contribution in [-0.4, -0.2) is 16.5 Å². The summed E-state index contributed by atoms with van der Waals surface area (Å²) in [7, 11) is 0. The van der Waals surface area contributed by atoms with Crippen molar-refractivity contribution in [3.63, 3.8) is 0 Å². The molecular weight excluding hydrogens is 254 g/mol. The minimum atomic E-state index is 0.409. The summed E-state index contributed by atoms with van der Waals surface area (Å²) < 4.78 is 0. The van der Waals surface area contributed by atoms with Crippen molar-refractivity contribution in [2.45, 2.75) is 39.5 Å². The SMILES string of the molecule is Cc1ccc(C(N)=S)c(NCC2CCCC(C)C2)n1. The van der Waals surface area contributed by atoms with Crippen LogP contribution in [0.15, 0.2) is 12.1 Å². The van der Waals surface area contributed by atoms with Crippen LogP contribution in [0.1, 0.15) is 43.9 Å². The molecular formula is C15H23N3S. The molecule has 1 saturated carbocycles. The fourth-order valence-electron chi connectivity index (χ4n) is 2.88. The number of hydrogen-bond acceptors (Lipinski definition) is 3. The lowest BCUT2D eigenvalue weighted by molar-refractivity contribution is 0.293. The standard InChI is InChI=1S/C15H23N3S/c1-10-4-3-5-12(8-10)9-17-15-13(14(16)19)7-6-11(2)18-15/h6-7,10,12H,3-5,8-9H2,1-2H3,(H2,16,19)(H,17,18). The quantitative estimate of drug-likeness (QED) is 0.829. The van der Waals surface area contributed by atoms with E-state index in [1.165, 1.54) is 25.7 Å². The Morgan fingerprint density at radius 2 is 2.26 bits per heavy atom. The maximum absolute atomic E-state index is 5.75. The molecule has 0 aliphatic heterocycles. The van der Waals surface area contributed by atoms with Crippen LogP contribution in [0.4, 0.5) is 5.82 Å². The Hall–Kier alpha value is -1.16. The summed E-state index contributed by atoms with van der Waals surface area (Å²) in [5, 5.41) is 3.45. The van der Waals surface area contributed by atoms with Crippen LogP contribution in [0.2, 0.25) is 0 Å². The number of aromatic nitrogens is 1. The van der Waals surface area contributed by atoms with Crippen molar-refractivity contribution in [1.29, 1.82) is 0 Å². The Morgan fingerprint density at radius 1 is 1.47 bits per heavy atom. The third kappa shape index (κ3) is 3.90. The molecule has 2 unspecified atom stereocenters. The van der Waals surface area contributed by atoms with E-state index in [-0.39, 0.29) is 0 Å². The van der Waals surface area contributed by atoms with Crippen LogP contribution in [0.5, 0.6) is 0 Å². The van der Waals surface area contributed by atoms with E-state index in [4.69, 9.17) is 18.0 Å². The monoisotopic (exact) mass is 277 g/mol. The lowest BCUT2D eigenvalue weighted by Crippen LogP contribution is -2.23. The summed E-state index contributed by atoms with van der Waals surface area (Å²) in [6.07, 6.45) is 5.33. The minimum Gasteiger partial charge on any atom is -0.389 e.